The van der Waals surface area contributed by atoms with Crippen LogP contribution in [0.3, 0.4) is 0 Å². The van der Waals surface area contributed by atoms with E-state index in [1.165, 1.54) is 11.8 Å². The second-order valence-electron chi connectivity index (χ2n) is 6.55. The number of anilines is 1. The van der Waals surface area contributed by atoms with Crippen LogP contribution in [0.4, 0.5) is 14.5 Å². The van der Waals surface area contributed by atoms with Crippen LogP contribution >= 0.6 is 24.0 Å². The SMILES string of the molecule is CCNC(=NCc1ccc(N2CCOCC2)cc1)NCc1cc(F)ccc1F.I. The van der Waals surface area contributed by atoms with E-state index in [4.69, 9.17) is 4.74 Å². The molecule has 2 aromatic carbocycles. The van der Waals surface area contributed by atoms with Crippen LogP contribution < -0.4 is 15.5 Å². The van der Waals surface area contributed by atoms with E-state index in [0.717, 1.165) is 44.0 Å². The van der Waals surface area contributed by atoms with Gasteiger partial charge >= 0.3 is 0 Å². The van der Waals surface area contributed by atoms with E-state index >= 15 is 0 Å². The molecular formula is C21H27F2IN4O. The lowest BCUT2D eigenvalue weighted by molar-refractivity contribution is 0.122. The summed E-state index contributed by atoms with van der Waals surface area (Å²) in [6.45, 7) is 6.61. The molecule has 0 spiro atoms. The standard InChI is InChI=1S/C21H26F2N4O.HI/c1-2-24-21(26-15-17-13-18(22)5-8-20(17)23)25-14-16-3-6-19(7-4-16)27-9-11-28-12-10-27;/h3-8,13H,2,9-12,14-15H2,1H3,(H2,24,25,26);1H. The van der Waals surface area contributed by atoms with Gasteiger partial charge in [-0.1, -0.05) is 12.1 Å². The lowest BCUT2D eigenvalue weighted by Gasteiger charge is -2.28. The van der Waals surface area contributed by atoms with Crippen molar-refractivity contribution in [1.82, 2.24) is 10.6 Å². The number of hydrogen-bond donors (Lipinski definition) is 2. The van der Waals surface area contributed by atoms with Crippen molar-refractivity contribution < 1.29 is 13.5 Å². The number of rotatable bonds is 6. The predicted molar refractivity (Wildman–Crippen MR) is 123 cm³/mol. The van der Waals surface area contributed by atoms with Crippen LogP contribution in [0.15, 0.2) is 47.5 Å². The smallest absolute Gasteiger partial charge is 0.191 e. The molecule has 29 heavy (non-hydrogen) atoms. The molecule has 0 atom stereocenters. The maximum absolute atomic E-state index is 13.8. The highest BCUT2D eigenvalue weighted by Gasteiger charge is 2.10. The van der Waals surface area contributed by atoms with Gasteiger partial charge in [-0.2, -0.15) is 0 Å². The zero-order chi connectivity index (χ0) is 19.8. The third-order valence-electron chi connectivity index (χ3n) is 4.53. The van der Waals surface area contributed by atoms with Crippen LogP contribution in [-0.4, -0.2) is 38.8 Å². The average Bonchev–Trinajstić information content (AvgIpc) is 2.73. The second-order valence-corrected chi connectivity index (χ2v) is 6.55. The van der Waals surface area contributed by atoms with E-state index in [9.17, 15) is 8.78 Å². The number of hydrogen-bond acceptors (Lipinski definition) is 3. The minimum Gasteiger partial charge on any atom is -0.378 e. The number of benzene rings is 2. The number of nitrogens with zero attached hydrogens (tertiary/aromatic N) is 2. The normalized spacial score (nSPS) is 14.3. The first-order valence-electron chi connectivity index (χ1n) is 9.53. The Bertz CT molecular complexity index is 796. The Hall–Kier alpha value is -1.94. The number of guanidine groups is 1. The Morgan fingerprint density at radius 1 is 1.07 bits per heavy atom. The van der Waals surface area contributed by atoms with Crippen LogP contribution in [0.1, 0.15) is 18.1 Å². The quantitative estimate of drug-likeness (QED) is 0.350. The van der Waals surface area contributed by atoms with Gasteiger partial charge < -0.3 is 20.3 Å². The molecule has 0 amide bonds. The van der Waals surface area contributed by atoms with Gasteiger partial charge in [0.05, 0.1) is 19.8 Å². The second kappa shape index (κ2) is 11.9. The molecule has 0 aromatic heterocycles. The molecule has 158 valence electrons. The van der Waals surface area contributed by atoms with E-state index < -0.39 is 11.6 Å². The number of halogens is 3. The molecule has 0 saturated carbocycles. The summed E-state index contributed by atoms with van der Waals surface area (Å²) in [5, 5.41) is 6.17. The Morgan fingerprint density at radius 3 is 2.48 bits per heavy atom. The summed E-state index contributed by atoms with van der Waals surface area (Å²) in [6.07, 6.45) is 0. The summed E-state index contributed by atoms with van der Waals surface area (Å²) in [5.74, 6) is -0.340. The Kier molecular flexibility index (Phi) is 9.59. The van der Waals surface area contributed by atoms with Gasteiger partial charge in [0.1, 0.15) is 11.6 Å². The predicted octanol–water partition coefficient (Wildman–Crippen LogP) is 3.67. The van der Waals surface area contributed by atoms with Gasteiger partial charge in [0, 0.05) is 37.4 Å². The summed E-state index contributed by atoms with van der Waals surface area (Å²) in [7, 11) is 0. The van der Waals surface area contributed by atoms with Crippen LogP contribution in [-0.2, 0) is 17.8 Å². The summed E-state index contributed by atoms with van der Waals surface area (Å²) in [5.41, 5.74) is 2.52. The van der Waals surface area contributed by atoms with Gasteiger partial charge in [0.2, 0.25) is 0 Å². The molecule has 1 saturated heterocycles. The molecule has 1 fully saturated rings. The van der Waals surface area contributed by atoms with Crippen molar-refractivity contribution in [2.24, 2.45) is 4.99 Å². The molecule has 3 rings (SSSR count). The summed E-state index contributed by atoms with van der Waals surface area (Å²) in [6, 6.07) is 11.7. The first-order chi connectivity index (χ1) is 13.7. The van der Waals surface area contributed by atoms with E-state index in [0.29, 0.717) is 19.0 Å². The zero-order valence-electron chi connectivity index (χ0n) is 16.5. The third-order valence-corrected chi connectivity index (χ3v) is 4.53. The molecule has 2 aromatic rings. The lowest BCUT2D eigenvalue weighted by Crippen LogP contribution is -2.37. The molecule has 0 radical (unpaired) electrons. The first kappa shape index (κ1) is 23.3. The van der Waals surface area contributed by atoms with Gasteiger partial charge in [-0.3, -0.25) is 0 Å². The maximum atomic E-state index is 13.8. The van der Waals surface area contributed by atoms with Crippen molar-refractivity contribution in [3.05, 3.63) is 65.2 Å². The number of aliphatic imine (C=N–C) groups is 1. The number of morpholine rings is 1. The largest absolute Gasteiger partial charge is 0.378 e. The Balaban J connectivity index is 0.00000300. The highest BCUT2D eigenvalue weighted by atomic mass is 127. The maximum Gasteiger partial charge on any atom is 0.191 e. The first-order valence-corrected chi connectivity index (χ1v) is 9.53. The fraction of sp³-hybridized carbons (Fsp3) is 0.381. The molecule has 5 nitrogen and oxygen atoms in total. The number of ether oxygens (including phenoxy) is 1. The van der Waals surface area contributed by atoms with E-state index in [1.54, 1.807) is 0 Å². The van der Waals surface area contributed by atoms with E-state index in [1.807, 2.05) is 6.92 Å². The summed E-state index contributed by atoms with van der Waals surface area (Å²) >= 11 is 0. The monoisotopic (exact) mass is 516 g/mol. The van der Waals surface area contributed by atoms with Crippen molar-refractivity contribution in [3.8, 4) is 0 Å². The molecular weight excluding hydrogens is 489 g/mol. The van der Waals surface area contributed by atoms with Crippen molar-refractivity contribution in [2.45, 2.75) is 20.0 Å². The van der Waals surface area contributed by atoms with Crippen molar-refractivity contribution in [1.29, 1.82) is 0 Å². The van der Waals surface area contributed by atoms with E-state index in [-0.39, 0.29) is 36.1 Å². The Morgan fingerprint density at radius 2 is 1.79 bits per heavy atom. The summed E-state index contributed by atoms with van der Waals surface area (Å²) < 4.78 is 32.5. The van der Waals surface area contributed by atoms with Crippen LogP contribution in [0.2, 0.25) is 0 Å². The van der Waals surface area contributed by atoms with Crippen molar-refractivity contribution >= 4 is 35.6 Å². The highest BCUT2D eigenvalue weighted by Crippen LogP contribution is 2.17. The average molecular weight is 516 g/mol. The molecule has 1 aliphatic heterocycles. The van der Waals surface area contributed by atoms with Gasteiger partial charge in [0.15, 0.2) is 5.96 Å². The van der Waals surface area contributed by atoms with Gasteiger partial charge in [-0.25, -0.2) is 13.8 Å². The fourth-order valence-corrected chi connectivity index (χ4v) is 3.00. The Labute approximate surface area is 187 Å². The molecule has 2 N–H and O–H groups in total. The van der Waals surface area contributed by atoms with Crippen molar-refractivity contribution in [3.63, 3.8) is 0 Å². The zero-order valence-corrected chi connectivity index (χ0v) is 18.8. The van der Waals surface area contributed by atoms with Crippen LogP contribution in [0.25, 0.3) is 0 Å². The minimum absolute atomic E-state index is 0. The highest BCUT2D eigenvalue weighted by molar-refractivity contribution is 14.0. The topological polar surface area (TPSA) is 48.9 Å². The molecule has 0 unspecified atom stereocenters. The molecule has 8 heteroatoms. The van der Waals surface area contributed by atoms with Gasteiger partial charge in [-0.15, -0.1) is 24.0 Å². The van der Waals surface area contributed by atoms with Crippen molar-refractivity contribution in [2.75, 3.05) is 37.7 Å². The molecule has 0 aliphatic carbocycles. The van der Waals surface area contributed by atoms with Crippen LogP contribution in [0.5, 0.6) is 0 Å². The van der Waals surface area contributed by atoms with Crippen LogP contribution in [0, 0.1) is 11.6 Å². The third kappa shape index (κ3) is 7.11. The summed E-state index contributed by atoms with van der Waals surface area (Å²) in [4.78, 5) is 6.84. The molecule has 1 aliphatic rings. The van der Waals surface area contributed by atoms with Gasteiger partial charge in [-0.05, 0) is 42.8 Å². The fourth-order valence-electron chi connectivity index (χ4n) is 3.00. The number of nitrogens with one attached hydrogen (secondary N) is 2. The molecule has 0 bridgehead atoms. The molecule has 1 heterocycles. The van der Waals surface area contributed by atoms with E-state index in [2.05, 4.69) is 44.8 Å². The van der Waals surface area contributed by atoms with Gasteiger partial charge in [0.25, 0.3) is 0 Å². The lowest BCUT2D eigenvalue weighted by atomic mass is 10.2. The minimum atomic E-state index is -0.458.